The summed E-state index contributed by atoms with van der Waals surface area (Å²) in [4.78, 5) is 15.2. The molecule has 0 saturated carbocycles. The largest absolute Gasteiger partial charge is 0.369 e. The number of anilines is 1. The lowest BCUT2D eigenvalue weighted by Crippen LogP contribution is -2.49. The number of nitro groups is 1. The van der Waals surface area contributed by atoms with Crippen LogP contribution in [0.2, 0.25) is 0 Å². The molecule has 0 unspecified atom stereocenters. The Hall–Kier alpha value is -1.71. The molecule has 2 heterocycles. The fourth-order valence-electron chi connectivity index (χ4n) is 4.00. The molecule has 0 aromatic heterocycles. The molecular formula is C19H30N4O4S. The molecule has 2 aliphatic heterocycles. The summed E-state index contributed by atoms with van der Waals surface area (Å²) in [5.74, 6) is 0.531. The summed E-state index contributed by atoms with van der Waals surface area (Å²) in [5.41, 5.74) is 1.03. The molecule has 1 aromatic carbocycles. The van der Waals surface area contributed by atoms with Gasteiger partial charge in [0.05, 0.1) is 10.2 Å². The average molecular weight is 411 g/mol. The van der Waals surface area contributed by atoms with Crippen LogP contribution >= 0.6 is 0 Å². The lowest BCUT2D eigenvalue weighted by molar-refractivity contribution is -0.384. The Morgan fingerprint density at radius 3 is 2.32 bits per heavy atom. The Bertz CT molecular complexity index is 783. The molecule has 0 amide bonds. The third-order valence-corrected chi connectivity index (χ3v) is 8.10. The van der Waals surface area contributed by atoms with Gasteiger partial charge in [0, 0.05) is 63.6 Å². The highest BCUT2D eigenvalue weighted by molar-refractivity contribution is 7.89. The van der Waals surface area contributed by atoms with E-state index in [-0.39, 0.29) is 15.9 Å². The monoisotopic (exact) mass is 410 g/mol. The number of nitrogens with zero attached hydrogens (tertiary/aromatic N) is 4. The summed E-state index contributed by atoms with van der Waals surface area (Å²) >= 11 is 0. The molecule has 0 atom stereocenters. The minimum absolute atomic E-state index is 0.128. The summed E-state index contributed by atoms with van der Waals surface area (Å²) in [6.07, 6.45) is 1.83. The van der Waals surface area contributed by atoms with Crippen LogP contribution in [0.3, 0.4) is 0 Å². The molecule has 0 spiro atoms. The van der Waals surface area contributed by atoms with Crippen LogP contribution in [0.25, 0.3) is 0 Å². The van der Waals surface area contributed by atoms with Crippen molar-refractivity contribution in [2.24, 2.45) is 5.92 Å². The van der Waals surface area contributed by atoms with E-state index in [1.165, 1.54) is 6.07 Å². The van der Waals surface area contributed by atoms with Crippen LogP contribution in [-0.2, 0) is 10.0 Å². The zero-order valence-electron chi connectivity index (χ0n) is 16.7. The van der Waals surface area contributed by atoms with Gasteiger partial charge < -0.3 is 4.90 Å². The first-order valence-electron chi connectivity index (χ1n) is 9.98. The van der Waals surface area contributed by atoms with Crippen LogP contribution in [0.4, 0.5) is 11.4 Å². The van der Waals surface area contributed by atoms with Gasteiger partial charge in [-0.15, -0.1) is 0 Å². The highest BCUT2D eigenvalue weighted by Crippen LogP contribution is 2.25. The van der Waals surface area contributed by atoms with Gasteiger partial charge >= 0.3 is 0 Å². The van der Waals surface area contributed by atoms with Crippen molar-refractivity contribution in [2.45, 2.75) is 31.9 Å². The third kappa shape index (κ3) is 4.82. The van der Waals surface area contributed by atoms with Crippen molar-refractivity contribution in [1.29, 1.82) is 0 Å². The molecule has 9 heteroatoms. The van der Waals surface area contributed by atoms with Crippen LogP contribution in [0.1, 0.15) is 26.7 Å². The second-order valence-electron chi connectivity index (χ2n) is 8.00. The van der Waals surface area contributed by atoms with E-state index in [2.05, 4.69) is 9.80 Å². The van der Waals surface area contributed by atoms with Crippen molar-refractivity contribution < 1.29 is 13.3 Å². The molecule has 2 aliphatic rings. The van der Waals surface area contributed by atoms with Crippen LogP contribution < -0.4 is 4.90 Å². The van der Waals surface area contributed by atoms with Gasteiger partial charge in [-0.2, -0.15) is 0 Å². The van der Waals surface area contributed by atoms with Gasteiger partial charge in [-0.25, -0.2) is 12.7 Å². The first-order valence-corrected chi connectivity index (χ1v) is 11.5. The maximum absolute atomic E-state index is 12.3. The summed E-state index contributed by atoms with van der Waals surface area (Å²) in [6.45, 7) is 9.27. The van der Waals surface area contributed by atoms with E-state index in [9.17, 15) is 18.5 Å². The number of rotatable bonds is 6. The van der Waals surface area contributed by atoms with Gasteiger partial charge in [-0.05, 0) is 38.7 Å². The van der Waals surface area contributed by atoms with Gasteiger partial charge in [0.25, 0.3) is 5.69 Å². The van der Waals surface area contributed by atoms with Gasteiger partial charge in [-0.3, -0.25) is 15.0 Å². The first kappa shape index (κ1) is 21.0. The fourth-order valence-corrected chi connectivity index (χ4v) is 5.32. The van der Waals surface area contributed by atoms with Crippen LogP contribution in [0.15, 0.2) is 24.3 Å². The summed E-state index contributed by atoms with van der Waals surface area (Å²) < 4.78 is 26.2. The second kappa shape index (κ2) is 8.75. The van der Waals surface area contributed by atoms with Gasteiger partial charge in [0.2, 0.25) is 10.0 Å². The minimum atomic E-state index is -3.14. The number of piperazine rings is 1. The maximum atomic E-state index is 12.3. The minimum Gasteiger partial charge on any atom is -0.369 e. The molecule has 0 bridgehead atoms. The summed E-state index contributed by atoms with van der Waals surface area (Å²) in [7, 11) is -3.14. The van der Waals surface area contributed by atoms with E-state index < -0.39 is 10.0 Å². The Balaban J connectivity index is 1.47. The van der Waals surface area contributed by atoms with Crippen LogP contribution in [0.5, 0.6) is 0 Å². The summed E-state index contributed by atoms with van der Waals surface area (Å²) in [5, 5.41) is 10.6. The Kier molecular flexibility index (Phi) is 6.57. The van der Waals surface area contributed by atoms with Crippen LogP contribution in [-0.4, -0.2) is 73.6 Å². The first-order chi connectivity index (χ1) is 13.3. The van der Waals surface area contributed by atoms with E-state index in [1.54, 1.807) is 30.3 Å². The molecular weight excluding hydrogens is 380 g/mol. The van der Waals surface area contributed by atoms with Gasteiger partial charge in [-0.1, -0.05) is 6.07 Å². The van der Waals surface area contributed by atoms with Gasteiger partial charge in [0.15, 0.2) is 0 Å². The zero-order chi connectivity index (χ0) is 20.3. The normalized spacial score (nSPS) is 20.6. The molecule has 2 saturated heterocycles. The van der Waals surface area contributed by atoms with Gasteiger partial charge in [0.1, 0.15) is 0 Å². The van der Waals surface area contributed by atoms with E-state index in [1.807, 2.05) is 6.07 Å². The smallest absolute Gasteiger partial charge is 0.271 e. The van der Waals surface area contributed by atoms with Crippen molar-refractivity contribution >= 4 is 21.4 Å². The van der Waals surface area contributed by atoms with Crippen molar-refractivity contribution in [3.63, 3.8) is 0 Å². The predicted molar refractivity (Wildman–Crippen MR) is 110 cm³/mol. The summed E-state index contributed by atoms with van der Waals surface area (Å²) in [6, 6.07) is 6.82. The zero-order valence-corrected chi connectivity index (χ0v) is 17.5. The number of non-ortho nitro benzene ring substituents is 1. The topological polar surface area (TPSA) is 87.0 Å². The van der Waals surface area contributed by atoms with Crippen molar-refractivity contribution in [1.82, 2.24) is 9.21 Å². The van der Waals surface area contributed by atoms with E-state index in [4.69, 9.17) is 0 Å². The van der Waals surface area contributed by atoms with Crippen LogP contribution in [0, 0.1) is 16.0 Å². The predicted octanol–water partition coefficient (Wildman–Crippen LogP) is 2.17. The van der Waals surface area contributed by atoms with E-state index in [0.29, 0.717) is 19.0 Å². The van der Waals surface area contributed by atoms with Crippen molar-refractivity contribution in [2.75, 3.05) is 50.7 Å². The Morgan fingerprint density at radius 1 is 1.11 bits per heavy atom. The highest BCUT2D eigenvalue weighted by atomic mass is 32.2. The van der Waals surface area contributed by atoms with Crippen molar-refractivity contribution in [3.05, 3.63) is 34.4 Å². The quantitative estimate of drug-likeness (QED) is 0.528. The van der Waals surface area contributed by atoms with Crippen molar-refractivity contribution in [3.8, 4) is 0 Å². The standard InChI is InChI=1S/C19H30N4O4S/c1-16(2)28(26,27)22-8-6-17(7-9-22)15-20-10-12-21(13-11-20)18-4-3-5-19(14-18)23(24)25/h3-5,14,16-17H,6-13,15H2,1-2H3. The number of hydrogen-bond acceptors (Lipinski definition) is 6. The molecule has 156 valence electrons. The second-order valence-corrected chi connectivity index (χ2v) is 10.5. The lowest BCUT2D eigenvalue weighted by Gasteiger charge is -2.39. The molecule has 2 fully saturated rings. The van der Waals surface area contributed by atoms with E-state index in [0.717, 1.165) is 51.3 Å². The third-order valence-electron chi connectivity index (χ3n) is 5.82. The molecule has 28 heavy (non-hydrogen) atoms. The average Bonchev–Trinajstić information content (AvgIpc) is 2.69. The number of sulfonamides is 1. The molecule has 1 aromatic rings. The highest BCUT2D eigenvalue weighted by Gasteiger charge is 2.31. The molecule has 0 aliphatic carbocycles. The maximum Gasteiger partial charge on any atom is 0.271 e. The van der Waals surface area contributed by atoms with E-state index >= 15 is 0 Å². The number of benzene rings is 1. The lowest BCUT2D eigenvalue weighted by atomic mass is 9.97. The SMILES string of the molecule is CC(C)S(=O)(=O)N1CCC(CN2CCN(c3cccc([N+](=O)[O-])c3)CC2)CC1. The Morgan fingerprint density at radius 2 is 1.75 bits per heavy atom. The number of hydrogen-bond donors (Lipinski definition) is 0. The fraction of sp³-hybridized carbons (Fsp3) is 0.684. The Labute approximate surface area is 167 Å². The number of nitro benzene ring substituents is 1. The molecule has 3 rings (SSSR count). The molecule has 0 radical (unpaired) electrons. The molecule has 8 nitrogen and oxygen atoms in total. The number of piperidine rings is 1. The molecule has 0 N–H and O–H groups in total.